The Hall–Kier alpha value is -4.02. The second kappa shape index (κ2) is 7.70. The molecule has 0 bridgehead atoms. The molecule has 0 spiro atoms. The second-order valence-electron chi connectivity index (χ2n) is 5.00. The summed E-state index contributed by atoms with van der Waals surface area (Å²) in [4.78, 5) is 43.2. The van der Waals surface area contributed by atoms with Gasteiger partial charge in [-0.2, -0.15) is 0 Å². The number of anilines is 2. The van der Waals surface area contributed by atoms with Crippen molar-refractivity contribution in [2.45, 2.75) is 0 Å². The van der Waals surface area contributed by atoms with Gasteiger partial charge in [0, 0.05) is 17.8 Å². The molecule has 1 amide bonds. The average Bonchev–Trinajstić information content (AvgIpc) is 2.59. The van der Waals surface area contributed by atoms with Crippen LogP contribution in [0.5, 0.6) is 0 Å². The summed E-state index contributed by atoms with van der Waals surface area (Å²) in [7, 11) is 0. The van der Waals surface area contributed by atoms with E-state index >= 15 is 0 Å². The lowest BCUT2D eigenvalue weighted by Gasteiger charge is -2.11. The predicted octanol–water partition coefficient (Wildman–Crippen LogP) is 2.25. The lowest BCUT2D eigenvalue weighted by Crippen LogP contribution is -2.18. The summed E-state index contributed by atoms with van der Waals surface area (Å²) in [5.74, 6) is -1.84. The second-order valence-corrected chi connectivity index (χ2v) is 5.00. The van der Waals surface area contributed by atoms with E-state index in [0.717, 1.165) is 18.2 Å². The molecule has 0 aromatic heterocycles. The van der Waals surface area contributed by atoms with Gasteiger partial charge < -0.3 is 15.7 Å². The maximum Gasteiger partial charge on any atom is 0.322 e. The van der Waals surface area contributed by atoms with Gasteiger partial charge in [0.1, 0.15) is 6.54 Å². The van der Waals surface area contributed by atoms with Gasteiger partial charge in [0.05, 0.1) is 27.2 Å². The summed E-state index contributed by atoms with van der Waals surface area (Å²) in [5, 5.41) is 35.4. The number of carboxylic acid groups (broad SMARTS) is 1. The molecule has 2 rings (SSSR count). The number of nitrogens with zero attached hydrogens (tertiary/aromatic N) is 2. The van der Waals surface area contributed by atoms with Gasteiger partial charge in [-0.1, -0.05) is 12.1 Å². The minimum atomic E-state index is -1.13. The van der Waals surface area contributed by atoms with Crippen LogP contribution in [-0.2, 0) is 4.79 Å². The number of rotatable bonds is 7. The number of amides is 1. The van der Waals surface area contributed by atoms with Gasteiger partial charge >= 0.3 is 5.97 Å². The van der Waals surface area contributed by atoms with Gasteiger partial charge in [0.25, 0.3) is 17.3 Å². The van der Waals surface area contributed by atoms with Crippen LogP contribution >= 0.6 is 0 Å². The third-order valence-corrected chi connectivity index (χ3v) is 3.18. The van der Waals surface area contributed by atoms with Crippen molar-refractivity contribution in [1.29, 1.82) is 0 Å². The van der Waals surface area contributed by atoms with E-state index in [1.54, 1.807) is 6.07 Å². The highest BCUT2D eigenvalue weighted by atomic mass is 16.6. The molecule has 0 heterocycles. The van der Waals surface area contributed by atoms with Crippen molar-refractivity contribution in [3.8, 4) is 0 Å². The van der Waals surface area contributed by atoms with Crippen LogP contribution in [0, 0.1) is 20.2 Å². The lowest BCUT2D eigenvalue weighted by molar-refractivity contribution is -0.394. The average molecular weight is 360 g/mol. The van der Waals surface area contributed by atoms with E-state index in [-0.39, 0.29) is 16.9 Å². The number of non-ortho nitro benzene ring substituents is 2. The number of hydrogen-bond acceptors (Lipinski definition) is 7. The summed E-state index contributed by atoms with van der Waals surface area (Å²) in [6.07, 6.45) is 0. The minimum absolute atomic E-state index is 0.0721. The molecule has 0 aliphatic carbocycles. The quantitative estimate of drug-likeness (QED) is 0.499. The third-order valence-electron chi connectivity index (χ3n) is 3.18. The summed E-state index contributed by atoms with van der Waals surface area (Å²) in [5.41, 5.74) is -0.933. The fraction of sp³-hybridized carbons (Fsp3) is 0.0667. The summed E-state index contributed by atoms with van der Waals surface area (Å²) < 4.78 is 0. The first-order valence-corrected chi connectivity index (χ1v) is 7.08. The molecule has 3 N–H and O–H groups in total. The van der Waals surface area contributed by atoms with Gasteiger partial charge in [-0.15, -0.1) is 0 Å². The zero-order valence-electron chi connectivity index (χ0n) is 13.0. The number of nitro benzene ring substituents is 2. The smallest absolute Gasteiger partial charge is 0.322 e. The Labute approximate surface area is 145 Å². The van der Waals surface area contributed by atoms with Crippen molar-refractivity contribution < 1.29 is 24.5 Å². The Morgan fingerprint density at radius 2 is 1.58 bits per heavy atom. The third kappa shape index (κ3) is 4.50. The molecular formula is C15H12N4O7. The van der Waals surface area contributed by atoms with Crippen LogP contribution in [-0.4, -0.2) is 33.4 Å². The van der Waals surface area contributed by atoms with E-state index < -0.39 is 39.6 Å². The highest BCUT2D eigenvalue weighted by molar-refractivity contribution is 6.08. The first-order chi connectivity index (χ1) is 12.3. The molecule has 0 aliphatic heterocycles. The van der Waals surface area contributed by atoms with Crippen LogP contribution in [0.15, 0.2) is 42.5 Å². The van der Waals surface area contributed by atoms with E-state index in [4.69, 9.17) is 5.11 Å². The molecule has 0 saturated carbocycles. The highest BCUT2D eigenvalue weighted by Crippen LogP contribution is 2.26. The number of nitrogens with one attached hydrogen (secondary N) is 2. The standard InChI is InChI=1S/C15H12N4O7/c20-14(21)8-16-13-4-2-1-3-12(13)15(22)17-9-5-10(18(23)24)7-11(6-9)19(25)26/h1-7,16H,8H2,(H,17,22)(H,20,21). The highest BCUT2D eigenvalue weighted by Gasteiger charge is 2.19. The van der Waals surface area contributed by atoms with E-state index in [9.17, 15) is 29.8 Å². The molecule has 2 aromatic rings. The van der Waals surface area contributed by atoms with E-state index in [1.165, 1.54) is 18.2 Å². The summed E-state index contributed by atoms with van der Waals surface area (Å²) >= 11 is 0. The van der Waals surface area contributed by atoms with Crippen molar-refractivity contribution in [1.82, 2.24) is 0 Å². The molecule has 0 saturated heterocycles. The van der Waals surface area contributed by atoms with E-state index in [1.807, 2.05) is 0 Å². The molecule has 0 radical (unpaired) electrons. The molecule has 0 fully saturated rings. The van der Waals surface area contributed by atoms with Gasteiger partial charge in [-0.25, -0.2) is 0 Å². The van der Waals surface area contributed by atoms with Gasteiger partial charge in [-0.05, 0) is 12.1 Å². The number of para-hydroxylation sites is 1. The zero-order valence-corrected chi connectivity index (χ0v) is 13.0. The maximum absolute atomic E-state index is 12.4. The van der Waals surface area contributed by atoms with Crippen molar-refractivity contribution >= 4 is 34.6 Å². The Balaban J connectivity index is 2.31. The number of carbonyl (C=O) groups is 2. The Kier molecular flexibility index (Phi) is 5.43. The molecule has 11 nitrogen and oxygen atoms in total. The molecule has 134 valence electrons. The van der Waals surface area contributed by atoms with Crippen molar-refractivity contribution in [2.75, 3.05) is 17.2 Å². The topological polar surface area (TPSA) is 165 Å². The van der Waals surface area contributed by atoms with Crippen LogP contribution in [0.3, 0.4) is 0 Å². The van der Waals surface area contributed by atoms with E-state index in [0.29, 0.717) is 0 Å². The monoisotopic (exact) mass is 360 g/mol. The summed E-state index contributed by atoms with van der Waals surface area (Å²) in [6.45, 7) is -0.424. The van der Waals surface area contributed by atoms with Crippen LogP contribution in [0.25, 0.3) is 0 Å². The molecular weight excluding hydrogens is 348 g/mol. The Bertz CT molecular complexity index is 865. The number of hydrogen-bond donors (Lipinski definition) is 3. The van der Waals surface area contributed by atoms with Crippen LogP contribution < -0.4 is 10.6 Å². The number of carbonyl (C=O) groups excluding carboxylic acids is 1. The largest absolute Gasteiger partial charge is 0.480 e. The molecule has 11 heteroatoms. The number of benzene rings is 2. The van der Waals surface area contributed by atoms with Crippen molar-refractivity contribution in [2.24, 2.45) is 0 Å². The van der Waals surface area contributed by atoms with Crippen molar-refractivity contribution in [3.63, 3.8) is 0 Å². The molecule has 26 heavy (non-hydrogen) atoms. The number of carboxylic acids is 1. The normalized spacial score (nSPS) is 10.0. The fourth-order valence-electron chi connectivity index (χ4n) is 2.08. The summed E-state index contributed by atoms with van der Waals surface area (Å²) in [6, 6.07) is 8.75. The van der Waals surface area contributed by atoms with Crippen LogP contribution in [0.4, 0.5) is 22.7 Å². The Morgan fingerprint density at radius 1 is 1.00 bits per heavy atom. The number of aliphatic carboxylic acids is 1. The van der Waals surface area contributed by atoms with E-state index in [2.05, 4.69) is 10.6 Å². The van der Waals surface area contributed by atoms with Crippen LogP contribution in [0.1, 0.15) is 10.4 Å². The molecule has 0 aliphatic rings. The maximum atomic E-state index is 12.4. The Morgan fingerprint density at radius 3 is 2.12 bits per heavy atom. The first kappa shape index (κ1) is 18.3. The minimum Gasteiger partial charge on any atom is -0.480 e. The van der Waals surface area contributed by atoms with Crippen LogP contribution in [0.2, 0.25) is 0 Å². The SMILES string of the molecule is O=C(O)CNc1ccccc1C(=O)Nc1cc([N+](=O)[O-])cc([N+](=O)[O-])c1. The van der Waals surface area contributed by atoms with Gasteiger partial charge in [0.2, 0.25) is 0 Å². The van der Waals surface area contributed by atoms with Crippen molar-refractivity contribution in [3.05, 3.63) is 68.3 Å². The molecule has 0 atom stereocenters. The van der Waals surface area contributed by atoms with Gasteiger partial charge in [-0.3, -0.25) is 29.8 Å². The molecule has 2 aromatic carbocycles. The first-order valence-electron chi connectivity index (χ1n) is 7.08. The fourth-order valence-corrected chi connectivity index (χ4v) is 2.08. The predicted molar refractivity (Wildman–Crippen MR) is 90.3 cm³/mol. The number of nitro groups is 2. The zero-order chi connectivity index (χ0) is 19.3. The van der Waals surface area contributed by atoms with Gasteiger partial charge in [0.15, 0.2) is 0 Å². The molecule has 0 unspecified atom stereocenters. The lowest BCUT2D eigenvalue weighted by atomic mass is 10.1.